The number of nitrogens with zero attached hydrogens (tertiary/aromatic N) is 4. The van der Waals surface area contributed by atoms with E-state index in [4.69, 9.17) is 0 Å². The number of anilines is 1. The predicted octanol–water partition coefficient (Wildman–Crippen LogP) is 2.49. The summed E-state index contributed by atoms with van der Waals surface area (Å²) in [5.74, 6) is 1.65. The van der Waals surface area contributed by atoms with Gasteiger partial charge in [0.25, 0.3) is 0 Å². The van der Waals surface area contributed by atoms with E-state index >= 15 is 0 Å². The Balaban J connectivity index is 1.94. The Hall–Kier alpha value is -2.56. The average molecular weight is 281 g/mol. The van der Waals surface area contributed by atoms with Crippen LogP contribution in [0.2, 0.25) is 0 Å². The smallest absolute Gasteiger partial charge is 0.211 e. The maximum atomic E-state index is 4.66. The molecule has 2 heterocycles. The zero-order chi connectivity index (χ0) is 14.7. The van der Waals surface area contributed by atoms with Crippen LogP contribution in [-0.4, -0.2) is 40.0 Å². The van der Waals surface area contributed by atoms with Gasteiger partial charge in [0, 0.05) is 19.6 Å². The number of hydrogen-bond acceptors (Lipinski definition) is 4. The molecule has 108 valence electrons. The van der Waals surface area contributed by atoms with E-state index in [1.807, 2.05) is 30.4 Å². The van der Waals surface area contributed by atoms with Crippen LogP contribution < -0.4 is 5.32 Å². The minimum absolute atomic E-state index is 0.706. The lowest BCUT2D eigenvalue weighted by Crippen LogP contribution is -2.34. The minimum Gasteiger partial charge on any atom is -0.337 e. The summed E-state index contributed by atoms with van der Waals surface area (Å²) in [5.41, 5.74) is 2.06. The van der Waals surface area contributed by atoms with Crippen molar-refractivity contribution < 1.29 is 0 Å². The Kier molecular flexibility index (Phi) is 3.73. The van der Waals surface area contributed by atoms with E-state index in [1.54, 1.807) is 0 Å². The molecule has 0 amide bonds. The minimum atomic E-state index is 0.706. The van der Waals surface area contributed by atoms with Crippen LogP contribution in [0.15, 0.2) is 54.6 Å². The summed E-state index contributed by atoms with van der Waals surface area (Å²) in [6.07, 6.45) is 3.76. The second-order valence-electron chi connectivity index (χ2n) is 4.89. The second kappa shape index (κ2) is 5.83. The van der Waals surface area contributed by atoms with Crippen LogP contribution in [0.25, 0.3) is 11.0 Å². The molecule has 3 rings (SSSR count). The maximum Gasteiger partial charge on any atom is 0.211 e. The molecule has 0 radical (unpaired) electrons. The van der Waals surface area contributed by atoms with Crippen molar-refractivity contribution in [2.24, 2.45) is 4.99 Å². The van der Waals surface area contributed by atoms with Crippen molar-refractivity contribution in [3.63, 3.8) is 0 Å². The van der Waals surface area contributed by atoms with Crippen LogP contribution in [0, 0.1) is 0 Å². The number of hydrogen-bond donors (Lipinski definition) is 1. The lowest BCUT2D eigenvalue weighted by atomic mass is 10.3. The molecule has 0 unspecified atom stereocenters. The Bertz CT molecular complexity index is 698. The van der Waals surface area contributed by atoms with Crippen molar-refractivity contribution in [3.8, 4) is 0 Å². The number of guanidine groups is 1. The lowest BCUT2D eigenvalue weighted by molar-refractivity contribution is 0.505. The van der Waals surface area contributed by atoms with Crippen LogP contribution in [0.5, 0.6) is 0 Å². The zero-order valence-corrected chi connectivity index (χ0v) is 12.0. The van der Waals surface area contributed by atoms with Crippen molar-refractivity contribution in [3.05, 3.63) is 49.6 Å². The van der Waals surface area contributed by atoms with Gasteiger partial charge in [0.05, 0.1) is 17.6 Å². The molecule has 5 heteroatoms. The fourth-order valence-electron chi connectivity index (χ4n) is 2.52. The topological polar surface area (TPSA) is 45.4 Å². The summed E-state index contributed by atoms with van der Waals surface area (Å²) in [7, 11) is 0. The molecule has 0 fully saturated rings. The third-order valence-corrected chi connectivity index (χ3v) is 3.47. The molecule has 0 saturated heterocycles. The number of fused-ring (bicyclic) bond motifs is 1. The molecule has 0 atom stereocenters. The highest BCUT2D eigenvalue weighted by molar-refractivity contribution is 5.95. The summed E-state index contributed by atoms with van der Waals surface area (Å²) in [6.45, 7) is 10.8. The van der Waals surface area contributed by atoms with Crippen LogP contribution >= 0.6 is 0 Å². The van der Waals surface area contributed by atoms with Gasteiger partial charge in [-0.25, -0.2) is 4.98 Å². The first kappa shape index (κ1) is 13.4. The molecule has 0 saturated carbocycles. The number of imidazole rings is 1. The van der Waals surface area contributed by atoms with Gasteiger partial charge in [-0.05, 0) is 12.1 Å². The molecular weight excluding hydrogens is 262 g/mol. The maximum absolute atomic E-state index is 4.66. The number of allylic oxidation sites excluding steroid dienone is 1. The van der Waals surface area contributed by atoms with Gasteiger partial charge in [-0.2, -0.15) is 0 Å². The number of benzene rings is 1. The fraction of sp³-hybridized carbons (Fsp3) is 0.250. The van der Waals surface area contributed by atoms with Gasteiger partial charge in [-0.15, -0.1) is 13.2 Å². The fourth-order valence-corrected chi connectivity index (χ4v) is 2.52. The molecule has 1 aliphatic heterocycles. The van der Waals surface area contributed by atoms with Crippen molar-refractivity contribution in [2.45, 2.75) is 6.54 Å². The van der Waals surface area contributed by atoms with Gasteiger partial charge in [0.15, 0.2) is 0 Å². The van der Waals surface area contributed by atoms with Gasteiger partial charge in [0.1, 0.15) is 0 Å². The van der Waals surface area contributed by atoms with Gasteiger partial charge in [0.2, 0.25) is 11.9 Å². The molecule has 5 nitrogen and oxygen atoms in total. The van der Waals surface area contributed by atoms with Crippen molar-refractivity contribution in [2.75, 3.05) is 25.0 Å². The highest BCUT2D eigenvalue weighted by atomic mass is 15.4. The molecule has 1 aliphatic rings. The highest BCUT2D eigenvalue weighted by Crippen LogP contribution is 2.20. The highest BCUT2D eigenvalue weighted by Gasteiger charge is 2.18. The standard InChI is InChI=1S/C16H19N5/c1-3-10-20-12-9-17-15(20)19-16-18-13-7-5-6-8-14(13)21(16)11-4-2/h3-8H,1-2,9-12H2,(H,17,18,19). The van der Waals surface area contributed by atoms with Gasteiger partial charge >= 0.3 is 0 Å². The number of para-hydroxylation sites is 2. The van der Waals surface area contributed by atoms with Gasteiger partial charge < -0.3 is 9.47 Å². The first-order valence-electron chi connectivity index (χ1n) is 7.07. The monoisotopic (exact) mass is 281 g/mol. The molecule has 0 aliphatic carbocycles. The molecule has 1 N–H and O–H groups in total. The van der Waals surface area contributed by atoms with Crippen LogP contribution in [0.1, 0.15) is 0 Å². The summed E-state index contributed by atoms with van der Waals surface area (Å²) >= 11 is 0. The quantitative estimate of drug-likeness (QED) is 0.856. The first-order chi connectivity index (χ1) is 10.3. The Morgan fingerprint density at radius 1 is 1.19 bits per heavy atom. The van der Waals surface area contributed by atoms with Crippen molar-refractivity contribution in [1.82, 2.24) is 14.5 Å². The summed E-state index contributed by atoms with van der Waals surface area (Å²) in [4.78, 5) is 11.3. The SMILES string of the molecule is C=CCN1CCN=C1Nc1nc2ccccc2n1CC=C. The zero-order valence-electron chi connectivity index (χ0n) is 12.0. The predicted molar refractivity (Wildman–Crippen MR) is 87.6 cm³/mol. The van der Waals surface area contributed by atoms with Crippen LogP contribution in [-0.2, 0) is 6.54 Å². The van der Waals surface area contributed by atoms with E-state index in [9.17, 15) is 0 Å². The first-order valence-corrected chi connectivity index (χ1v) is 7.07. The van der Waals surface area contributed by atoms with Crippen LogP contribution in [0.3, 0.4) is 0 Å². The van der Waals surface area contributed by atoms with E-state index in [2.05, 4.69) is 44.0 Å². The summed E-state index contributed by atoms with van der Waals surface area (Å²) in [6, 6.07) is 8.09. The van der Waals surface area contributed by atoms with Gasteiger partial charge in [-0.3, -0.25) is 10.3 Å². The number of aromatic nitrogens is 2. The normalized spacial score (nSPS) is 14.3. The van der Waals surface area contributed by atoms with Gasteiger partial charge in [-0.1, -0.05) is 24.3 Å². The third kappa shape index (κ3) is 2.54. The Morgan fingerprint density at radius 2 is 2.00 bits per heavy atom. The molecular formula is C16H19N5. The van der Waals surface area contributed by atoms with E-state index in [0.717, 1.165) is 42.6 Å². The summed E-state index contributed by atoms with van der Waals surface area (Å²) < 4.78 is 2.11. The second-order valence-corrected chi connectivity index (χ2v) is 4.89. The van der Waals surface area contributed by atoms with Crippen molar-refractivity contribution >= 4 is 22.9 Å². The van der Waals surface area contributed by atoms with Crippen LogP contribution in [0.4, 0.5) is 5.95 Å². The van der Waals surface area contributed by atoms with E-state index in [0.29, 0.717) is 6.54 Å². The molecule has 0 bridgehead atoms. The van der Waals surface area contributed by atoms with E-state index in [-0.39, 0.29) is 0 Å². The summed E-state index contributed by atoms with van der Waals surface area (Å²) in [5, 5.41) is 3.35. The number of aliphatic imine (C=N–C) groups is 1. The molecule has 21 heavy (non-hydrogen) atoms. The molecule has 1 aromatic heterocycles. The molecule has 2 aromatic rings. The number of rotatable bonds is 5. The molecule has 1 aromatic carbocycles. The lowest BCUT2D eigenvalue weighted by Gasteiger charge is -2.19. The number of nitrogens with one attached hydrogen (secondary N) is 1. The van der Waals surface area contributed by atoms with Crippen molar-refractivity contribution in [1.29, 1.82) is 0 Å². The Morgan fingerprint density at radius 3 is 2.81 bits per heavy atom. The third-order valence-electron chi connectivity index (χ3n) is 3.47. The van der Waals surface area contributed by atoms with E-state index < -0.39 is 0 Å². The Labute approximate surface area is 124 Å². The van der Waals surface area contributed by atoms with E-state index in [1.165, 1.54) is 0 Å². The largest absolute Gasteiger partial charge is 0.337 e. The molecule has 0 spiro atoms. The average Bonchev–Trinajstić information content (AvgIpc) is 3.06.